The second-order valence-electron chi connectivity index (χ2n) is 5.76. The van der Waals surface area contributed by atoms with Gasteiger partial charge in [-0.05, 0) is 42.8 Å². The molecular weight excluding hydrogens is 372 g/mol. The van der Waals surface area contributed by atoms with Crippen LogP contribution in [0.4, 0.5) is 8.78 Å². The molecule has 0 aliphatic heterocycles. The molecule has 0 bridgehead atoms. The number of nitrogens with one attached hydrogen (secondary N) is 1. The van der Waals surface area contributed by atoms with Crippen LogP contribution in [0.15, 0.2) is 42.5 Å². The third-order valence-corrected chi connectivity index (χ3v) is 5.38. The van der Waals surface area contributed by atoms with E-state index < -0.39 is 33.0 Å². The minimum atomic E-state index is -3.90. The summed E-state index contributed by atoms with van der Waals surface area (Å²) in [5, 5.41) is 0.491. The van der Waals surface area contributed by atoms with E-state index in [1.807, 2.05) is 0 Å². The first-order valence-electron chi connectivity index (χ1n) is 7.38. The van der Waals surface area contributed by atoms with E-state index in [2.05, 4.69) is 4.72 Å². The van der Waals surface area contributed by atoms with Gasteiger partial charge in [0.25, 0.3) is 0 Å². The highest BCUT2D eigenvalue weighted by Crippen LogP contribution is 2.26. The molecule has 0 aliphatic rings. The lowest BCUT2D eigenvalue weighted by molar-refractivity contribution is 0.00698. The summed E-state index contributed by atoms with van der Waals surface area (Å²) in [4.78, 5) is 0. The lowest BCUT2D eigenvalue weighted by atomic mass is 9.96. The zero-order chi connectivity index (χ0) is 18.7. The Morgan fingerprint density at radius 2 is 1.92 bits per heavy atom. The Morgan fingerprint density at radius 1 is 1.20 bits per heavy atom. The fourth-order valence-corrected chi connectivity index (χ4v) is 3.69. The molecule has 2 aromatic rings. The minimum absolute atomic E-state index is 0.0941. The van der Waals surface area contributed by atoms with Crippen LogP contribution in [0.5, 0.6) is 0 Å². The number of sulfonamides is 1. The molecule has 0 aromatic heterocycles. The van der Waals surface area contributed by atoms with Gasteiger partial charge in [0.05, 0.1) is 5.75 Å². The van der Waals surface area contributed by atoms with Gasteiger partial charge in [-0.2, -0.15) is 0 Å². The second kappa shape index (κ2) is 7.78. The predicted octanol–water partition coefficient (Wildman–Crippen LogP) is 3.60. The van der Waals surface area contributed by atoms with Gasteiger partial charge in [-0.3, -0.25) is 0 Å². The molecule has 2 rings (SSSR count). The van der Waals surface area contributed by atoms with Crippen molar-refractivity contribution >= 4 is 21.6 Å². The van der Waals surface area contributed by atoms with Gasteiger partial charge in [-0.15, -0.1) is 0 Å². The first kappa shape index (κ1) is 19.8. The van der Waals surface area contributed by atoms with E-state index in [0.29, 0.717) is 10.6 Å². The molecule has 25 heavy (non-hydrogen) atoms. The van der Waals surface area contributed by atoms with Crippen LogP contribution in [0.2, 0.25) is 5.02 Å². The summed E-state index contributed by atoms with van der Waals surface area (Å²) in [6.45, 7) is 1.60. The third kappa shape index (κ3) is 5.22. The van der Waals surface area contributed by atoms with Crippen LogP contribution in [0, 0.1) is 11.6 Å². The molecule has 8 heteroatoms. The van der Waals surface area contributed by atoms with Crippen LogP contribution in [0.1, 0.15) is 18.1 Å². The van der Waals surface area contributed by atoms with E-state index in [1.54, 1.807) is 31.2 Å². The summed E-state index contributed by atoms with van der Waals surface area (Å²) in [7, 11) is -2.46. The molecule has 0 aliphatic carbocycles. The summed E-state index contributed by atoms with van der Waals surface area (Å²) >= 11 is 5.97. The standard InChI is InChI=1S/C17H18ClF2NO3S/c1-17(24-2,13-4-3-5-14(18)9-13)11-21-25(22,23)10-12-8-15(19)6-7-16(12)20/h3-9,21H,10-11H2,1-2H3/t17-/m0/s1. The Balaban J connectivity index is 2.15. The number of hydrogen-bond donors (Lipinski definition) is 1. The Kier molecular flexibility index (Phi) is 6.16. The van der Waals surface area contributed by atoms with Gasteiger partial charge in [-0.1, -0.05) is 23.7 Å². The van der Waals surface area contributed by atoms with E-state index >= 15 is 0 Å². The molecule has 1 atom stereocenters. The average molecular weight is 390 g/mol. The summed E-state index contributed by atoms with van der Waals surface area (Å²) in [5.74, 6) is -2.16. The molecule has 0 radical (unpaired) electrons. The molecular formula is C17H18ClF2NO3S. The van der Waals surface area contributed by atoms with Gasteiger partial charge < -0.3 is 4.74 Å². The number of halogens is 3. The van der Waals surface area contributed by atoms with Crippen molar-refractivity contribution in [3.63, 3.8) is 0 Å². The molecule has 0 fully saturated rings. The monoisotopic (exact) mass is 389 g/mol. The van der Waals surface area contributed by atoms with Crippen molar-refractivity contribution in [2.75, 3.05) is 13.7 Å². The van der Waals surface area contributed by atoms with Gasteiger partial charge in [-0.25, -0.2) is 21.9 Å². The first-order valence-corrected chi connectivity index (χ1v) is 9.41. The zero-order valence-electron chi connectivity index (χ0n) is 13.7. The number of methoxy groups -OCH3 is 1. The molecule has 0 heterocycles. The largest absolute Gasteiger partial charge is 0.372 e. The van der Waals surface area contributed by atoms with E-state index in [9.17, 15) is 17.2 Å². The average Bonchev–Trinajstić information content (AvgIpc) is 2.56. The van der Waals surface area contributed by atoms with Crippen molar-refractivity contribution in [2.24, 2.45) is 0 Å². The van der Waals surface area contributed by atoms with E-state index in [1.165, 1.54) is 7.11 Å². The normalized spacial score (nSPS) is 14.3. The molecule has 0 saturated carbocycles. The molecule has 0 spiro atoms. The van der Waals surface area contributed by atoms with Gasteiger partial charge in [0.15, 0.2) is 0 Å². The van der Waals surface area contributed by atoms with Crippen molar-refractivity contribution in [1.29, 1.82) is 0 Å². The Labute approximate surface area is 150 Å². The highest BCUT2D eigenvalue weighted by atomic mass is 35.5. The molecule has 4 nitrogen and oxygen atoms in total. The summed E-state index contributed by atoms with van der Waals surface area (Å²) in [5.41, 5.74) is -0.533. The second-order valence-corrected chi connectivity index (χ2v) is 8.00. The fraction of sp³-hybridized carbons (Fsp3) is 0.294. The molecule has 1 N–H and O–H groups in total. The smallest absolute Gasteiger partial charge is 0.215 e. The van der Waals surface area contributed by atoms with Crippen molar-refractivity contribution in [2.45, 2.75) is 18.3 Å². The van der Waals surface area contributed by atoms with Crippen LogP contribution < -0.4 is 4.72 Å². The number of hydrogen-bond acceptors (Lipinski definition) is 3. The Hall–Kier alpha value is -1.54. The number of rotatable bonds is 7. The van der Waals surface area contributed by atoms with Crippen LogP contribution >= 0.6 is 11.6 Å². The molecule has 2 aromatic carbocycles. The summed E-state index contributed by atoms with van der Waals surface area (Å²) in [6.07, 6.45) is 0. The maximum absolute atomic E-state index is 13.7. The van der Waals surface area contributed by atoms with Crippen LogP contribution in [-0.4, -0.2) is 22.1 Å². The van der Waals surface area contributed by atoms with Crippen molar-refractivity contribution in [3.05, 3.63) is 70.2 Å². The maximum atomic E-state index is 13.7. The highest BCUT2D eigenvalue weighted by molar-refractivity contribution is 7.88. The van der Waals surface area contributed by atoms with Gasteiger partial charge in [0.2, 0.25) is 10.0 Å². The van der Waals surface area contributed by atoms with E-state index in [4.69, 9.17) is 16.3 Å². The van der Waals surface area contributed by atoms with Crippen molar-refractivity contribution in [1.82, 2.24) is 4.72 Å². The lowest BCUT2D eigenvalue weighted by Gasteiger charge is -2.29. The van der Waals surface area contributed by atoms with Crippen LogP contribution in [-0.2, 0) is 26.1 Å². The maximum Gasteiger partial charge on any atom is 0.215 e. The molecule has 0 unspecified atom stereocenters. The van der Waals surface area contributed by atoms with Gasteiger partial charge in [0.1, 0.15) is 17.2 Å². The van der Waals surface area contributed by atoms with Gasteiger partial charge >= 0.3 is 0 Å². The number of ether oxygens (including phenoxy) is 1. The highest BCUT2D eigenvalue weighted by Gasteiger charge is 2.29. The topological polar surface area (TPSA) is 55.4 Å². The minimum Gasteiger partial charge on any atom is -0.372 e. The number of benzene rings is 2. The predicted molar refractivity (Wildman–Crippen MR) is 92.8 cm³/mol. The quantitative estimate of drug-likeness (QED) is 0.787. The van der Waals surface area contributed by atoms with Gasteiger partial charge in [0, 0.05) is 24.2 Å². The summed E-state index contributed by atoms with van der Waals surface area (Å²) < 4.78 is 59.2. The van der Waals surface area contributed by atoms with Crippen molar-refractivity contribution in [3.8, 4) is 0 Å². The fourth-order valence-electron chi connectivity index (χ4n) is 2.27. The van der Waals surface area contributed by atoms with Crippen LogP contribution in [0.25, 0.3) is 0 Å². The van der Waals surface area contributed by atoms with Crippen molar-refractivity contribution < 1.29 is 21.9 Å². The third-order valence-electron chi connectivity index (χ3n) is 3.87. The lowest BCUT2D eigenvalue weighted by Crippen LogP contribution is -2.40. The first-order chi connectivity index (χ1) is 11.6. The van der Waals surface area contributed by atoms with E-state index in [-0.39, 0.29) is 12.1 Å². The Morgan fingerprint density at radius 3 is 2.56 bits per heavy atom. The summed E-state index contributed by atoms with van der Waals surface area (Å²) in [6, 6.07) is 9.54. The SMILES string of the molecule is CO[C@@](C)(CNS(=O)(=O)Cc1cc(F)ccc1F)c1cccc(Cl)c1. The van der Waals surface area contributed by atoms with Crippen LogP contribution in [0.3, 0.4) is 0 Å². The Bertz CT molecular complexity index is 861. The molecule has 0 amide bonds. The van der Waals surface area contributed by atoms with E-state index in [0.717, 1.165) is 18.2 Å². The zero-order valence-corrected chi connectivity index (χ0v) is 15.3. The molecule has 136 valence electrons. The molecule has 0 saturated heterocycles.